The minimum Gasteiger partial charge on any atom is -0.350 e. The normalized spacial score (nSPS) is 10.9. The molecule has 0 spiro atoms. The lowest BCUT2D eigenvalue weighted by atomic mass is 10.1. The number of nitrogens with zero attached hydrogens (tertiary/aromatic N) is 1. The Balaban J connectivity index is 2.01. The first kappa shape index (κ1) is 13.9. The van der Waals surface area contributed by atoms with Crippen molar-refractivity contribution in [2.45, 2.75) is 40.3 Å². The summed E-state index contributed by atoms with van der Waals surface area (Å²) in [5.41, 5.74) is 5.46. The van der Waals surface area contributed by atoms with Crippen LogP contribution in [0.1, 0.15) is 35.6 Å². The van der Waals surface area contributed by atoms with Crippen molar-refractivity contribution in [3.63, 3.8) is 0 Å². The van der Waals surface area contributed by atoms with Crippen LogP contribution in [0, 0.1) is 13.8 Å². The fourth-order valence-corrected chi connectivity index (χ4v) is 2.27. The average molecular weight is 256 g/mol. The van der Waals surface area contributed by atoms with Crippen LogP contribution >= 0.6 is 0 Å². The van der Waals surface area contributed by atoms with E-state index in [0.717, 1.165) is 19.6 Å². The maximum absolute atomic E-state index is 3.44. The lowest BCUT2D eigenvalue weighted by molar-refractivity contribution is 0.673. The predicted octanol–water partition coefficient (Wildman–Crippen LogP) is 3.65. The Labute approximate surface area is 116 Å². The first-order valence-corrected chi connectivity index (χ1v) is 7.10. The topological polar surface area (TPSA) is 17.0 Å². The molecule has 19 heavy (non-hydrogen) atoms. The Hall–Kier alpha value is -1.54. The molecule has 2 nitrogen and oxygen atoms in total. The monoisotopic (exact) mass is 256 g/mol. The summed E-state index contributed by atoms with van der Waals surface area (Å²) in [5, 5.41) is 3.44. The van der Waals surface area contributed by atoms with Crippen molar-refractivity contribution < 1.29 is 0 Å². The Kier molecular flexibility index (Phi) is 4.80. The van der Waals surface area contributed by atoms with Crippen molar-refractivity contribution in [1.29, 1.82) is 0 Å². The van der Waals surface area contributed by atoms with Crippen LogP contribution < -0.4 is 5.32 Å². The zero-order chi connectivity index (χ0) is 13.7. The van der Waals surface area contributed by atoms with Gasteiger partial charge in [0.2, 0.25) is 0 Å². The van der Waals surface area contributed by atoms with Crippen molar-refractivity contribution in [2.75, 3.05) is 6.54 Å². The lowest BCUT2D eigenvalue weighted by Gasteiger charge is -2.08. The van der Waals surface area contributed by atoms with Crippen molar-refractivity contribution in [3.8, 4) is 0 Å². The highest BCUT2D eigenvalue weighted by Gasteiger charge is 2.01. The summed E-state index contributed by atoms with van der Waals surface area (Å²) in [6.45, 7) is 9.54. The van der Waals surface area contributed by atoms with Gasteiger partial charge < -0.3 is 9.88 Å². The van der Waals surface area contributed by atoms with Crippen LogP contribution in [-0.4, -0.2) is 11.1 Å². The zero-order valence-corrected chi connectivity index (χ0v) is 12.2. The van der Waals surface area contributed by atoms with Crippen molar-refractivity contribution >= 4 is 0 Å². The molecule has 1 N–H and O–H groups in total. The predicted molar refractivity (Wildman–Crippen MR) is 81.4 cm³/mol. The summed E-state index contributed by atoms with van der Waals surface area (Å²) in [6, 6.07) is 8.87. The van der Waals surface area contributed by atoms with E-state index < -0.39 is 0 Å². The molecular weight excluding hydrogens is 232 g/mol. The van der Waals surface area contributed by atoms with Gasteiger partial charge in [-0.2, -0.15) is 0 Å². The van der Waals surface area contributed by atoms with E-state index in [4.69, 9.17) is 0 Å². The molecule has 2 aromatic rings. The SMILES string of the molecule is CCCNCc1ccn(Cc2cc(C)ccc2C)c1. The van der Waals surface area contributed by atoms with E-state index in [-0.39, 0.29) is 0 Å². The second-order valence-corrected chi connectivity index (χ2v) is 5.30. The average Bonchev–Trinajstić information content (AvgIpc) is 2.82. The third-order valence-corrected chi connectivity index (χ3v) is 3.43. The van der Waals surface area contributed by atoms with Crippen LogP contribution in [0.15, 0.2) is 36.7 Å². The summed E-state index contributed by atoms with van der Waals surface area (Å²) in [6.07, 6.45) is 5.60. The summed E-state index contributed by atoms with van der Waals surface area (Å²) in [5.74, 6) is 0. The Morgan fingerprint density at radius 1 is 1.16 bits per heavy atom. The van der Waals surface area contributed by atoms with Crippen LogP contribution in [0.5, 0.6) is 0 Å². The van der Waals surface area contributed by atoms with E-state index in [0.29, 0.717) is 0 Å². The van der Waals surface area contributed by atoms with E-state index in [9.17, 15) is 0 Å². The molecule has 0 saturated heterocycles. The fraction of sp³-hybridized carbons (Fsp3) is 0.412. The molecule has 0 amide bonds. The molecule has 2 rings (SSSR count). The highest BCUT2D eigenvalue weighted by atomic mass is 14.9. The van der Waals surface area contributed by atoms with Gasteiger partial charge in [-0.1, -0.05) is 30.7 Å². The second-order valence-electron chi connectivity index (χ2n) is 5.30. The Bertz CT molecular complexity index is 526. The molecule has 0 bridgehead atoms. The molecule has 1 aromatic heterocycles. The molecule has 0 unspecified atom stereocenters. The van der Waals surface area contributed by atoms with E-state index in [1.54, 1.807) is 0 Å². The molecule has 0 atom stereocenters. The first-order valence-electron chi connectivity index (χ1n) is 7.10. The van der Waals surface area contributed by atoms with Gasteiger partial charge in [-0.15, -0.1) is 0 Å². The molecular formula is C17H24N2. The fourth-order valence-electron chi connectivity index (χ4n) is 2.27. The number of rotatable bonds is 6. The van der Waals surface area contributed by atoms with Crippen LogP contribution in [0.4, 0.5) is 0 Å². The molecule has 0 radical (unpaired) electrons. The molecule has 0 fully saturated rings. The molecule has 2 heteroatoms. The molecule has 0 aliphatic heterocycles. The largest absolute Gasteiger partial charge is 0.350 e. The van der Waals surface area contributed by atoms with Gasteiger partial charge >= 0.3 is 0 Å². The van der Waals surface area contributed by atoms with Crippen LogP contribution in [0.25, 0.3) is 0 Å². The quantitative estimate of drug-likeness (QED) is 0.781. The number of nitrogens with one attached hydrogen (secondary N) is 1. The molecule has 0 aliphatic rings. The minimum absolute atomic E-state index is 0.960. The zero-order valence-electron chi connectivity index (χ0n) is 12.2. The van der Waals surface area contributed by atoms with E-state index in [1.807, 2.05) is 0 Å². The number of aryl methyl sites for hydroxylation is 2. The number of hydrogen-bond acceptors (Lipinski definition) is 1. The third kappa shape index (κ3) is 3.97. The lowest BCUT2D eigenvalue weighted by Crippen LogP contribution is -2.13. The summed E-state index contributed by atoms with van der Waals surface area (Å²) in [4.78, 5) is 0. The maximum Gasteiger partial charge on any atom is 0.0473 e. The smallest absolute Gasteiger partial charge is 0.0473 e. The van der Waals surface area contributed by atoms with Crippen molar-refractivity contribution in [3.05, 3.63) is 58.9 Å². The van der Waals surface area contributed by atoms with Crippen LogP contribution in [0.3, 0.4) is 0 Å². The van der Waals surface area contributed by atoms with E-state index in [1.165, 1.54) is 28.7 Å². The second kappa shape index (κ2) is 6.58. The number of aromatic nitrogens is 1. The van der Waals surface area contributed by atoms with Crippen molar-refractivity contribution in [2.24, 2.45) is 0 Å². The molecule has 102 valence electrons. The summed E-state index contributed by atoms with van der Waals surface area (Å²) >= 11 is 0. The molecule has 0 aliphatic carbocycles. The van der Waals surface area contributed by atoms with Gasteiger partial charge in [-0.3, -0.25) is 0 Å². The van der Waals surface area contributed by atoms with Gasteiger partial charge in [0.05, 0.1) is 0 Å². The highest BCUT2D eigenvalue weighted by Crippen LogP contribution is 2.13. The van der Waals surface area contributed by atoms with Gasteiger partial charge in [0.1, 0.15) is 0 Å². The Morgan fingerprint density at radius 2 is 2.00 bits per heavy atom. The Morgan fingerprint density at radius 3 is 2.79 bits per heavy atom. The highest BCUT2D eigenvalue weighted by molar-refractivity contribution is 5.31. The summed E-state index contributed by atoms with van der Waals surface area (Å²) < 4.78 is 2.27. The van der Waals surface area contributed by atoms with Crippen molar-refractivity contribution in [1.82, 2.24) is 9.88 Å². The van der Waals surface area contributed by atoms with E-state index >= 15 is 0 Å². The maximum atomic E-state index is 3.44. The number of hydrogen-bond donors (Lipinski definition) is 1. The first-order chi connectivity index (χ1) is 9.19. The van der Waals surface area contributed by atoms with Crippen LogP contribution in [-0.2, 0) is 13.1 Å². The summed E-state index contributed by atoms with van der Waals surface area (Å²) in [7, 11) is 0. The van der Waals surface area contributed by atoms with Gasteiger partial charge in [0.15, 0.2) is 0 Å². The van der Waals surface area contributed by atoms with Gasteiger partial charge in [0, 0.05) is 25.5 Å². The van der Waals surface area contributed by atoms with Crippen LogP contribution in [0.2, 0.25) is 0 Å². The van der Waals surface area contributed by atoms with Gasteiger partial charge in [0.25, 0.3) is 0 Å². The molecule has 0 saturated carbocycles. The third-order valence-electron chi connectivity index (χ3n) is 3.43. The van der Waals surface area contributed by atoms with E-state index in [2.05, 4.69) is 67.3 Å². The van der Waals surface area contributed by atoms with Gasteiger partial charge in [-0.05, 0) is 49.6 Å². The molecule has 1 heterocycles. The standard InChI is InChI=1S/C17H24N2/c1-4-8-18-11-16-7-9-19(12-16)13-17-10-14(2)5-6-15(17)3/h5-7,9-10,12,18H,4,8,11,13H2,1-3H3. The molecule has 1 aromatic carbocycles. The number of benzene rings is 1. The van der Waals surface area contributed by atoms with Gasteiger partial charge in [-0.25, -0.2) is 0 Å². The minimum atomic E-state index is 0.960.